The molecule has 0 heterocycles. The monoisotopic (exact) mass is 284 g/mol. The summed E-state index contributed by atoms with van der Waals surface area (Å²) in [5.74, 6) is 1.40. The third-order valence-corrected chi connectivity index (χ3v) is 2.89. The zero-order valence-electron chi connectivity index (χ0n) is 10.6. The number of nitriles is 2. The molecule has 2 aromatic rings. The van der Waals surface area contributed by atoms with E-state index in [2.05, 4.69) is 0 Å². The first-order chi connectivity index (χ1) is 9.67. The van der Waals surface area contributed by atoms with E-state index in [0.717, 1.165) is 0 Å². The number of nitrogens with zero attached hydrogens (tertiary/aromatic N) is 2. The topological polar surface area (TPSA) is 66.0 Å². The summed E-state index contributed by atoms with van der Waals surface area (Å²) in [4.78, 5) is 0. The molecular formula is C15H9ClN2O2. The quantitative estimate of drug-likeness (QED) is 0.858. The van der Waals surface area contributed by atoms with Crippen LogP contribution in [-0.2, 0) is 0 Å². The lowest BCUT2D eigenvalue weighted by Gasteiger charge is -2.10. The molecule has 5 heteroatoms. The molecule has 2 aromatic carbocycles. The molecule has 0 unspecified atom stereocenters. The lowest BCUT2D eigenvalue weighted by atomic mass is 10.2. The fourth-order valence-electron chi connectivity index (χ4n) is 1.60. The van der Waals surface area contributed by atoms with Crippen molar-refractivity contribution in [1.29, 1.82) is 10.5 Å². The maximum atomic E-state index is 8.84. The van der Waals surface area contributed by atoms with Gasteiger partial charge in [-0.05, 0) is 24.3 Å². The number of benzene rings is 2. The fourth-order valence-corrected chi connectivity index (χ4v) is 1.81. The van der Waals surface area contributed by atoms with Crippen LogP contribution in [0.3, 0.4) is 0 Å². The Morgan fingerprint density at radius 2 is 1.80 bits per heavy atom. The first-order valence-corrected chi connectivity index (χ1v) is 6.01. The van der Waals surface area contributed by atoms with Gasteiger partial charge in [-0.25, -0.2) is 0 Å². The van der Waals surface area contributed by atoms with Crippen LogP contribution >= 0.6 is 11.6 Å². The summed E-state index contributed by atoms with van der Waals surface area (Å²) in [6.07, 6.45) is 0. The summed E-state index contributed by atoms with van der Waals surface area (Å²) in [5, 5.41) is 18.0. The van der Waals surface area contributed by atoms with Gasteiger partial charge in [-0.15, -0.1) is 0 Å². The van der Waals surface area contributed by atoms with Crippen molar-refractivity contribution in [2.45, 2.75) is 0 Å². The average Bonchev–Trinajstić information content (AvgIpc) is 2.48. The SMILES string of the molecule is COc1cc(C#N)ccc1Oc1ccc(C#N)c(Cl)c1. The van der Waals surface area contributed by atoms with E-state index in [-0.39, 0.29) is 0 Å². The average molecular weight is 285 g/mol. The molecule has 20 heavy (non-hydrogen) atoms. The highest BCUT2D eigenvalue weighted by Crippen LogP contribution is 2.33. The van der Waals surface area contributed by atoms with Crippen LogP contribution in [0.15, 0.2) is 36.4 Å². The van der Waals surface area contributed by atoms with Gasteiger partial charge in [-0.2, -0.15) is 10.5 Å². The van der Waals surface area contributed by atoms with Crippen molar-refractivity contribution in [2.75, 3.05) is 7.11 Å². The summed E-state index contributed by atoms with van der Waals surface area (Å²) >= 11 is 5.94. The fraction of sp³-hybridized carbons (Fsp3) is 0.0667. The molecule has 0 N–H and O–H groups in total. The van der Waals surface area contributed by atoms with Gasteiger partial charge in [0, 0.05) is 12.1 Å². The highest BCUT2D eigenvalue weighted by Gasteiger charge is 2.08. The Kier molecular flexibility index (Phi) is 4.10. The van der Waals surface area contributed by atoms with E-state index in [1.807, 2.05) is 12.1 Å². The van der Waals surface area contributed by atoms with Crippen LogP contribution in [0.2, 0.25) is 5.02 Å². The van der Waals surface area contributed by atoms with Crippen LogP contribution < -0.4 is 9.47 Å². The molecule has 98 valence electrons. The molecule has 0 aliphatic carbocycles. The lowest BCUT2D eigenvalue weighted by Crippen LogP contribution is -1.91. The minimum absolute atomic E-state index is 0.317. The number of methoxy groups -OCH3 is 1. The van der Waals surface area contributed by atoms with Crippen molar-refractivity contribution in [1.82, 2.24) is 0 Å². The Morgan fingerprint density at radius 3 is 2.40 bits per heavy atom. The van der Waals surface area contributed by atoms with Crippen LogP contribution in [0.5, 0.6) is 17.2 Å². The molecular weight excluding hydrogens is 276 g/mol. The van der Waals surface area contributed by atoms with E-state index in [4.69, 9.17) is 31.6 Å². The van der Waals surface area contributed by atoms with E-state index < -0.39 is 0 Å². The molecule has 0 fully saturated rings. The summed E-state index contributed by atoms with van der Waals surface area (Å²) in [5.41, 5.74) is 0.859. The van der Waals surface area contributed by atoms with Gasteiger partial charge in [0.15, 0.2) is 11.5 Å². The van der Waals surface area contributed by atoms with Crippen molar-refractivity contribution < 1.29 is 9.47 Å². The van der Waals surface area contributed by atoms with E-state index in [9.17, 15) is 0 Å². The first-order valence-electron chi connectivity index (χ1n) is 5.63. The molecule has 0 aliphatic rings. The van der Waals surface area contributed by atoms with E-state index in [0.29, 0.717) is 33.4 Å². The standard InChI is InChI=1S/C15H9ClN2O2/c1-19-15-6-10(8-17)2-5-14(15)20-12-4-3-11(9-18)13(16)7-12/h2-7H,1H3. The molecule has 0 radical (unpaired) electrons. The number of hydrogen-bond donors (Lipinski definition) is 0. The lowest BCUT2D eigenvalue weighted by molar-refractivity contribution is 0.378. The summed E-state index contributed by atoms with van der Waals surface area (Å²) < 4.78 is 10.8. The van der Waals surface area contributed by atoms with Gasteiger partial charge in [0.2, 0.25) is 0 Å². The minimum Gasteiger partial charge on any atom is -0.493 e. The van der Waals surface area contributed by atoms with Crippen LogP contribution in [0, 0.1) is 22.7 Å². The Morgan fingerprint density at radius 1 is 1.00 bits per heavy atom. The third-order valence-electron chi connectivity index (χ3n) is 2.58. The molecule has 0 bridgehead atoms. The largest absolute Gasteiger partial charge is 0.493 e. The predicted molar refractivity (Wildman–Crippen MR) is 74.0 cm³/mol. The van der Waals surface area contributed by atoms with E-state index in [1.54, 1.807) is 36.4 Å². The van der Waals surface area contributed by atoms with Gasteiger partial charge in [0.05, 0.1) is 29.3 Å². The summed E-state index contributed by atoms with van der Waals surface area (Å²) in [6.45, 7) is 0. The van der Waals surface area contributed by atoms with Crippen molar-refractivity contribution >= 4 is 11.6 Å². The predicted octanol–water partition coefficient (Wildman–Crippen LogP) is 3.88. The van der Waals surface area contributed by atoms with Crippen LogP contribution in [0.1, 0.15) is 11.1 Å². The highest BCUT2D eigenvalue weighted by atomic mass is 35.5. The van der Waals surface area contributed by atoms with Crippen LogP contribution in [-0.4, -0.2) is 7.11 Å². The highest BCUT2D eigenvalue weighted by molar-refractivity contribution is 6.31. The van der Waals surface area contributed by atoms with Gasteiger partial charge in [-0.1, -0.05) is 11.6 Å². The van der Waals surface area contributed by atoms with Crippen LogP contribution in [0.25, 0.3) is 0 Å². The second-order valence-corrected chi connectivity index (χ2v) is 4.24. The second-order valence-electron chi connectivity index (χ2n) is 3.83. The Labute approximate surface area is 121 Å². The molecule has 0 saturated carbocycles. The second kappa shape index (κ2) is 5.97. The third kappa shape index (κ3) is 2.83. The van der Waals surface area contributed by atoms with Crippen molar-refractivity contribution in [3.8, 4) is 29.4 Å². The number of hydrogen-bond acceptors (Lipinski definition) is 4. The summed E-state index contributed by atoms with van der Waals surface area (Å²) in [7, 11) is 1.50. The maximum Gasteiger partial charge on any atom is 0.169 e. The van der Waals surface area contributed by atoms with Gasteiger partial charge in [0.25, 0.3) is 0 Å². The summed E-state index contributed by atoms with van der Waals surface area (Å²) in [6, 6.07) is 13.6. The van der Waals surface area contributed by atoms with E-state index in [1.165, 1.54) is 7.11 Å². The molecule has 0 saturated heterocycles. The van der Waals surface area contributed by atoms with E-state index >= 15 is 0 Å². The van der Waals surface area contributed by atoms with Crippen molar-refractivity contribution in [3.05, 3.63) is 52.5 Å². The Hall–Kier alpha value is -2.69. The molecule has 0 aliphatic heterocycles. The van der Waals surface area contributed by atoms with Crippen molar-refractivity contribution in [2.24, 2.45) is 0 Å². The van der Waals surface area contributed by atoms with Crippen LogP contribution in [0.4, 0.5) is 0 Å². The first kappa shape index (κ1) is 13.7. The number of rotatable bonds is 3. The number of halogens is 1. The zero-order chi connectivity index (χ0) is 14.5. The van der Waals surface area contributed by atoms with Gasteiger partial charge in [-0.3, -0.25) is 0 Å². The Bertz CT molecular complexity index is 730. The van der Waals surface area contributed by atoms with Gasteiger partial charge < -0.3 is 9.47 Å². The smallest absolute Gasteiger partial charge is 0.169 e. The normalized spacial score (nSPS) is 9.40. The Balaban J connectivity index is 2.33. The maximum absolute atomic E-state index is 8.84. The molecule has 4 nitrogen and oxygen atoms in total. The molecule has 0 atom stereocenters. The van der Waals surface area contributed by atoms with Gasteiger partial charge in [0.1, 0.15) is 11.8 Å². The zero-order valence-corrected chi connectivity index (χ0v) is 11.3. The molecule has 2 rings (SSSR count). The molecule has 0 aromatic heterocycles. The molecule has 0 amide bonds. The molecule has 0 spiro atoms. The minimum atomic E-state index is 0.317. The van der Waals surface area contributed by atoms with Gasteiger partial charge >= 0.3 is 0 Å². The van der Waals surface area contributed by atoms with Crippen molar-refractivity contribution in [3.63, 3.8) is 0 Å². The number of ether oxygens (including phenoxy) is 2.